The lowest BCUT2D eigenvalue weighted by atomic mass is 10.0. The van der Waals surface area contributed by atoms with Gasteiger partial charge < -0.3 is 14.6 Å². The Hall–Kier alpha value is -1.22. The second kappa shape index (κ2) is 6.64. The van der Waals surface area contributed by atoms with Crippen molar-refractivity contribution in [3.05, 3.63) is 30.7 Å². The predicted molar refractivity (Wildman–Crippen MR) is 73.2 cm³/mol. The third-order valence-electron chi connectivity index (χ3n) is 2.40. The molecule has 0 bridgehead atoms. The smallest absolute Gasteiger partial charge is 0.126 e. The van der Waals surface area contributed by atoms with Crippen molar-refractivity contribution in [2.24, 2.45) is 0 Å². The highest BCUT2D eigenvalue weighted by Crippen LogP contribution is 2.35. The van der Waals surface area contributed by atoms with E-state index in [4.69, 9.17) is 9.47 Å². The maximum atomic E-state index is 9.19. The topological polar surface area (TPSA) is 38.7 Å². The molecule has 0 fully saturated rings. The zero-order valence-electron chi connectivity index (χ0n) is 11.6. The quantitative estimate of drug-likeness (QED) is 0.844. The van der Waals surface area contributed by atoms with Crippen molar-refractivity contribution in [2.75, 3.05) is 6.61 Å². The highest BCUT2D eigenvalue weighted by Gasteiger charge is 2.15. The van der Waals surface area contributed by atoms with Crippen LogP contribution in [0.4, 0.5) is 0 Å². The first-order chi connectivity index (χ1) is 8.41. The maximum Gasteiger partial charge on any atom is 0.126 e. The standard InChI is InChI=1S/C15H23O3/c1-10(2)15-13(17-9-12(5)16)7-6-8-14(15)18-11(3)4/h6-8,10-12,16H,5,9H2,1-4H3. The van der Waals surface area contributed by atoms with Gasteiger partial charge in [0.25, 0.3) is 0 Å². The Balaban J connectivity index is 3.01. The van der Waals surface area contributed by atoms with Gasteiger partial charge in [-0.3, -0.25) is 0 Å². The van der Waals surface area contributed by atoms with Gasteiger partial charge in [0, 0.05) is 5.56 Å². The Morgan fingerprint density at radius 2 is 1.78 bits per heavy atom. The number of rotatable bonds is 6. The molecule has 0 aliphatic rings. The Labute approximate surface area is 110 Å². The number of aliphatic hydroxyl groups is 1. The first-order valence-electron chi connectivity index (χ1n) is 6.35. The van der Waals surface area contributed by atoms with Crippen LogP contribution in [0.1, 0.15) is 39.2 Å². The zero-order valence-corrected chi connectivity index (χ0v) is 11.6. The second-order valence-electron chi connectivity index (χ2n) is 4.95. The van der Waals surface area contributed by atoms with Gasteiger partial charge in [0.2, 0.25) is 0 Å². The van der Waals surface area contributed by atoms with E-state index in [0.29, 0.717) is 0 Å². The van der Waals surface area contributed by atoms with Crippen LogP contribution in [-0.4, -0.2) is 23.9 Å². The Kier molecular flexibility index (Phi) is 5.48. The van der Waals surface area contributed by atoms with Gasteiger partial charge in [0.05, 0.1) is 12.2 Å². The predicted octanol–water partition coefficient (Wildman–Crippen LogP) is 3.17. The van der Waals surface area contributed by atoms with Crippen molar-refractivity contribution in [1.82, 2.24) is 0 Å². The zero-order chi connectivity index (χ0) is 13.7. The van der Waals surface area contributed by atoms with Crippen LogP contribution in [0.3, 0.4) is 0 Å². The van der Waals surface area contributed by atoms with Crippen molar-refractivity contribution >= 4 is 0 Å². The Morgan fingerprint density at radius 1 is 1.17 bits per heavy atom. The van der Waals surface area contributed by atoms with Gasteiger partial charge >= 0.3 is 0 Å². The summed E-state index contributed by atoms with van der Waals surface area (Å²) in [6.07, 6.45) is -0.601. The van der Waals surface area contributed by atoms with Crippen molar-refractivity contribution < 1.29 is 14.6 Å². The minimum absolute atomic E-state index is 0.121. The summed E-state index contributed by atoms with van der Waals surface area (Å²) in [7, 11) is 0. The van der Waals surface area contributed by atoms with Crippen LogP contribution in [0.25, 0.3) is 0 Å². The molecule has 1 unspecified atom stereocenters. The van der Waals surface area contributed by atoms with E-state index in [1.54, 1.807) is 0 Å². The van der Waals surface area contributed by atoms with Crippen LogP contribution in [-0.2, 0) is 0 Å². The number of hydrogen-bond acceptors (Lipinski definition) is 3. The lowest BCUT2D eigenvalue weighted by Gasteiger charge is -2.20. The maximum absolute atomic E-state index is 9.19. The molecule has 1 aromatic carbocycles. The van der Waals surface area contributed by atoms with Crippen LogP contribution in [0.15, 0.2) is 18.2 Å². The molecule has 0 spiro atoms. The molecule has 3 heteroatoms. The molecule has 0 aliphatic carbocycles. The van der Waals surface area contributed by atoms with E-state index in [9.17, 15) is 5.11 Å². The average Bonchev–Trinajstić information content (AvgIpc) is 2.25. The third kappa shape index (κ3) is 4.22. The van der Waals surface area contributed by atoms with Gasteiger partial charge in [-0.2, -0.15) is 0 Å². The van der Waals surface area contributed by atoms with E-state index < -0.39 is 6.10 Å². The molecule has 18 heavy (non-hydrogen) atoms. The molecule has 0 aromatic heterocycles. The summed E-state index contributed by atoms with van der Waals surface area (Å²) in [6, 6.07) is 5.74. The Bertz CT molecular complexity index is 370. The van der Waals surface area contributed by atoms with E-state index in [-0.39, 0.29) is 18.6 Å². The summed E-state index contributed by atoms with van der Waals surface area (Å²) in [5, 5.41) is 9.19. The number of hydrogen-bond donors (Lipinski definition) is 1. The van der Waals surface area contributed by atoms with E-state index in [0.717, 1.165) is 17.1 Å². The normalized spacial score (nSPS) is 12.9. The molecule has 0 heterocycles. The monoisotopic (exact) mass is 251 g/mol. The van der Waals surface area contributed by atoms with Gasteiger partial charge in [-0.25, -0.2) is 0 Å². The molecule has 0 amide bonds. The number of aliphatic hydroxyl groups excluding tert-OH is 1. The minimum atomic E-state index is -0.723. The molecular formula is C15H23O3. The largest absolute Gasteiger partial charge is 0.491 e. The molecule has 101 valence electrons. The van der Waals surface area contributed by atoms with Crippen molar-refractivity contribution in [3.63, 3.8) is 0 Å². The number of benzene rings is 1. The first-order valence-corrected chi connectivity index (χ1v) is 6.35. The molecule has 0 saturated heterocycles. The van der Waals surface area contributed by atoms with Crippen LogP contribution >= 0.6 is 0 Å². The molecule has 1 rings (SSSR count). The molecule has 0 aliphatic heterocycles. The fourth-order valence-corrected chi connectivity index (χ4v) is 1.76. The number of ether oxygens (including phenoxy) is 2. The summed E-state index contributed by atoms with van der Waals surface area (Å²) < 4.78 is 11.4. The van der Waals surface area contributed by atoms with Crippen LogP contribution < -0.4 is 9.47 Å². The Morgan fingerprint density at radius 3 is 2.28 bits per heavy atom. The summed E-state index contributed by atoms with van der Waals surface area (Å²) in [5.41, 5.74) is 1.03. The van der Waals surface area contributed by atoms with E-state index in [1.165, 1.54) is 0 Å². The van der Waals surface area contributed by atoms with Crippen molar-refractivity contribution in [3.8, 4) is 11.5 Å². The van der Waals surface area contributed by atoms with Crippen LogP contribution in [0.5, 0.6) is 11.5 Å². The molecule has 1 atom stereocenters. The third-order valence-corrected chi connectivity index (χ3v) is 2.40. The van der Waals surface area contributed by atoms with E-state index in [1.807, 2.05) is 32.0 Å². The molecule has 1 radical (unpaired) electrons. The summed E-state index contributed by atoms with van der Waals surface area (Å²) in [4.78, 5) is 0. The highest BCUT2D eigenvalue weighted by molar-refractivity contribution is 5.46. The minimum Gasteiger partial charge on any atom is -0.491 e. The molecule has 1 N–H and O–H groups in total. The van der Waals surface area contributed by atoms with Gasteiger partial charge in [-0.05, 0) is 38.8 Å². The molecular weight excluding hydrogens is 228 g/mol. The molecule has 1 aromatic rings. The van der Waals surface area contributed by atoms with E-state index >= 15 is 0 Å². The van der Waals surface area contributed by atoms with Crippen molar-refractivity contribution in [1.29, 1.82) is 0 Å². The van der Waals surface area contributed by atoms with Crippen LogP contribution in [0.2, 0.25) is 0 Å². The first kappa shape index (κ1) is 14.8. The van der Waals surface area contributed by atoms with Gasteiger partial charge in [-0.15, -0.1) is 0 Å². The summed E-state index contributed by atoms with van der Waals surface area (Å²) >= 11 is 0. The summed E-state index contributed by atoms with van der Waals surface area (Å²) in [5.74, 6) is 1.89. The molecule has 0 saturated carbocycles. The fraction of sp³-hybridized carbons (Fsp3) is 0.533. The van der Waals surface area contributed by atoms with Gasteiger partial charge in [0.15, 0.2) is 0 Å². The molecule has 3 nitrogen and oxygen atoms in total. The van der Waals surface area contributed by atoms with Crippen molar-refractivity contribution in [2.45, 2.75) is 45.8 Å². The average molecular weight is 251 g/mol. The van der Waals surface area contributed by atoms with Gasteiger partial charge in [0.1, 0.15) is 18.1 Å². The summed E-state index contributed by atoms with van der Waals surface area (Å²) in [6.45, 7) is 11.9. The lowest BCUT2D eigenvalue weighted by molar-refractivity contribution is 0.141. The second-order valence-corrected chi connectivity index (χ2v) is 4.95. The highest BCUT2D eigenvalue weighted by atomic mass is 16.5. The fourth-order valence-electron chi connectivity index (χ4n) is 1.76. The SMILES string of the molecule is [CH2]C(O)COc1cccc(OC(C)C)c1C(C)C. The van der Waals surface area contributed by atoms with Gasteiger partial charge in [-0.1, -0.05) is 19.9 Å². The van der Waals surface area contributed by atoms with Crippen LogP contribution in [0, 0.1) is 6.92 Å². The van der Waals surface area contributed by atoms with E-state index in [2.05, 4.69) is 20.8 Å². The lowest BCUT2D eigenvalue weighted by Crippen LogP contribution is -2.15.